The second-order valence-electron chi connectivity index (χ2n) is 3.89. The molecule has 2 heterocycles. The molecule has 0 aromatic carbocycles. The van der Waals surface area contributed by atoms with E-state index in [-0.39, 0.29) is 0 Å². The molecule has 14 heavy (non-hydrogen) atoms. The van der Waals surface area contributed by atoms with Crippen LogP contribution in [0.25, 0.3) is 0 Å². The molecule has 0 radical (unpaired) electrons. The third-order valence-corrected chi connectivity index (χ3v) is 3.01. The van der Waals surface area contributed by atoms with Gasteiger partial charge >= 0.3 is 0 Å². The minimum absolute atomic E-state index is 0.551. The van der Waals surface area contributed by atoms with E-state index in [1.807, 2.05) is 16.9 Å². The van der Waals surface area contributed by atoms with Crippen molar-refractivity contribution in [3.63, 3.8) is 0 Å². The number of nitrogens with two attached hydrogens (primary N) is 1. The highest BCUT2D eigenvalue weighted by Gasteiger charge is 2.19. The van der Waals surface area contributed by atoms with Crippen molar-refractivity contribution in [1.29, 1.82) is 0 Å². The Balaban J connectivity index is 1.95. The molecule has 0 aliphatic carbocycles. The first-order valence-corrected chi connectivity index (χ1v) is 5.32. The summed E-state index contributed by atoms with van der Waals surface area (Å²) in [5.41, 5.74) is 5.60. The standard InChI is InChI=1S/C10H18N4/c1-2-13-6-3-9(4-7-13)14-8-5-10(11)12-14/h5,8-9H,2-4,6-7H2,1H3,(H2,11,12). The Labute approximate surface area is 84.7 Å². The van der Waals surface area contributed by atoms with E-state index in [1.54, 1.807) is 0 Å². The summed E-state index contributed by atoms with van der Waals surface area (Å²) in [5, 5.41) is 4.26. The van der Waals surface area contributed by atoms with Gasteiger partial charge in [0, 0.05) is 19.3 Å². The average molecular weight is 194 g/mol. The number of hydrogen-bond donors (Lipinski definition) is 1. The predicted molar refractivity (Wildman–Crippen MR) is 57.0 cm³/mol. The van der Waals surface area contributed by atoms with Gasteiger partial charge in [-0.15, -0.1) is 0 Å². The number of rotatable bonds is 2. The molecule has 2 rings (SSSR count). The minimum atomic E-state index is 0.551. The van der Waals surface area contributed by atoms with Gasteiger partial charge in [0.2, 0.25) is 0 Å². The highest BCUT2D eigenvalue weighted by Crippen LogP contribution is 2.21. The summed E-state index contributed by atoms with van der Waals surface area (Å²) in [4.78, 5) is 2.48. The molecule has 0 spiro atoms. The maximum absolute atomic E-state index is 5.60. The van der Waals surface area contributed by atoms with Gasteiger partial charge in [0.05, 0.1) is 6.04 Å². The Morgan fingerprint density at radius 2 is 2.21 bits per heavy atom. The van der Waals surface area contributed by atoms with E-state index >= 15 is 0 Å². The third kappa shape index (κ3) is 1.90. The van der Waals surface area contributed by atoms with E-state index in [1.165, 1.54) is 25.9 Å². The van der Waals surface area contributed by atoms with E-state index < -0.39 is 0 Å². The fourth-order valence-electron chi connectivity index (χ4n) is 2.06. The van der Waals surface area contributed by atoms with Crippen LogP contribution >= 0.6 is 0 Å². The SMILES string of the molecule is CCN1CCC(n2ccc(N)n2)CC1. The zero-order valence-electron chi connectivity index (χ0n) is 8.69. The normalized spacial score (nSPS) is 20.1. The highest BCUT2D eigenvalue weighted by molar-refractivity contribution is 5.24. The van der Waals surface area contributed by atoms with Crippen LogP contribution in [0.5, 0.6) is 0 Å². The van der Waals surface area contributed by atoms with E-state index in [4.69, 9.17) is 5.73 Å². The van der Waals surface area contributed by atoms with Crippen LogP contribution < -0.4 is 5.73 Å². The van der Waals surface area contributed by atoms with Gasteiger partial charge in [-0.2, -0.15) is 5.10 Å². The Bertz CT molecular complexity index is 286. The summed E-state index contributed by atoms with van der Waals surface area (Å²) in [6.45, 7) is 5.74. The summed E-state index contributed by atoms with van der Waals surface area (Å²) in [6, 6.07) is 2.42. The molecule has 0 amide bonds. The van der Waals surface area contributed by atoms with Crippen LogP contribution in [0.1, 0.15) is 25.8 Å². The maximum Gasteiger partial charge on any atom is 0.145 e. The molecule has 0 atom stereocenters. The van der Waals surface area contributed by atoms with Crippen molar-refractivity contribution in [3.05, 3.63) is 12.3 Å². The molecule has 1 aliphatic rings. The molecule has 4 heteroatoms. The lowest BCUT2D eigenvalue weighted by Crippen LogP contribution is -2.34. The minimum Gasteiger partial charge on any atom is -0.382 e. The van der Waals surface area contributed by atoms with E-state index in [2.05, 4.69) is 16.9 Å². The Morgan fingerprint density at radius 1 is 1.50 bits per heavy atom. The van der Waals surface area contributed by atoms with Crippen LogP contribution in [0.4, 0.5) is 5.82 Å². The van der Waals surface area contributed by atoms with Gasteiger partial charge in [-0.05, 0) is 25.5 Å². The second kappa shape index (κ2) is 4.00. The lowest BCUT2D eigenvalue weighted by molar-refractivity contribution is 0.188. The van der Waals surface area contributed by atoms with Gasteiger partial charge in [-0.3, -0.25) is 4.68 Å². The Kier molecular flexibility index (Phi) is 2.72. The van der Waals surface area contributed by atoms with Crippen LogP contribution in [0.15, 0.2) is 12.3 Å². The molecule has 0 bridgehead atoms. The van der Waals surface area contributed by atoms with Crippen LogP contribution in [0.2, 0.25) is 0 Å². The van der Waals surface area contributed by atoms with Gasteiger partial charge in [-0.1, -0.05) is 6.92 Å². The van der Waals surface area contributed by atoms with Gasteiger partial charge in [0.15, 0.2) is 0 Å². The average Bonchev–Trinajstić information content (AvgIpc) is 2.65. The Morgan fingerprint density at radius 3 is 2.71 bits per heavy atom. The molecule has 1 aromatic heterocycles. The van der Waals surface area contributed by atoms with Gasteiger partial charge in [0.25, 0.3) is 0 Å². The summed E-state index contributed by atoms with van der Waals surface area (Å²) in [5.74, 6) is 0.628. The van der Waals surface area contributed by atoms with Gasteiger partial charge in [0.1, 0.15) is 5.82 Å². The zero-order valence-corrected chi connectivity index (χ0v) is 8.69. The topological polar surface area (TPSA) is 47.1 Å². The molecule has 1 aliphatic heterocycles. The number of aromatic nitrogens is 2. The first-order valence-electron chi connectivity index (χ1n) is 5.32. The largest absolute Gasteiger partial charge is 0.382 e. The smallest absolute Gasteiger partial charge is 0.145 e. The molecular weight excluding hydrogens is 176 g/mol. The van der Waals surface area contributed by atoms with Gasteiger partial charge in [-0.25, -0.2) is 0 Å². The zero-order chi connectivity index (χ0) is 9.97. The number of piperidine rings is 1. The fraction of sp³-hybridized carbons (Fsp3) is 0.700. The fourth-order valence-corrected chi connectivity index (χ4v) is 2.06. The lowest BCUT2D eigenvalue weighted by atomic mass is 10.1. The van der Waals surface area contributed by atoms with E-state index in [0.29, 0.717) is 11.9 Å². The maximum atomic E-state index is 5.60. The molecule has 78 valence electrons. The number of hydrogen-bond acceptors (Lipinski definition) is 3. The number of likely N-dealkylation sites (tertiary alicyclic amines) is 1. The molecule has 2 N–H and O–H groups in total. The molecule has 1 aromatic rings. The molecule has 0 unspecified atom stereocenters. The van der Waals surface area contributed by atoms with Crippen LogP contribution in [0, 0.1) is 0 Å². The molecule has 4 nitrogen and oxygen atoms in total. The first kappa shape index (κ1) is 9.52. The van der Waals surface area contributed by atoms with Crippen molar-refractivity contribution >= 4 is 5.82 Å². The molecule has 1 fully saturated rings. The van der Waals surface area contributed by atoms with Crippen molar-refractivity contribution in [3.8, 4) is 0 Å². The van der Waals surface area contributed by atoms with Crippen molar-refractivity contribution in [2.75, 3.05) is 25.4 Å². The summed E-state index contributed by atoms with van der Waals surface area (Å²) in [6.07, 6.45) is 4.37. The molecule has 1 saturated heterocycles. The summed E-state index contributed by atoms with van der Waals surface area (Å²) >= 11 is 0. The summed E-state index contributed by atoms with van der Waals surface area (Å²) < 4.78 is 2.02. The van der Waals surface area contributed by atoms with Crippen molar-refractivity contribution in [2.24, 2.45) is 0 Å². The Hall–Kier alpha value is -1.03. The van der Waals surface area contributed by atoms with Gasteiger partial charge < -0.3 is 10.6 Å². The quantitative estimate of drug-likeness (QED) is 0.767. The number of anilines is 1. The van der Waals surface area contributed by atoms with Crippen LogP contribution in [-0.4, -0.2) is 34.3 Å². The third-order valence-electron chi connectivity index (χ3n) is 3.01. The molecular formula is C10H18N4. The van der Waals surface area contributed by atoms with Crippen molar-refractivity contribution < 1.29 is 0 Å². The highest BCUT2D eigenvalue weighted by atomic mass is 15.3. The predicted octanol–water partition coefficient (Wildman–Crippen LogP) is 1.12. The molecule has 0 saturated carbocycles. The van der Waals surface area contributed by atoms with Crippen LogP contribution in [0.3, 0.4) is 0 Å². The van der Waals surface area contributed by atoms with Crippen molar-refractivity contribution in [2.45, 2.75) is 25.8 Å². The first-order chi connectivity index (χ1) is 6.79. The second-order valence-corrected chi connectivity index (χ2v) is 3.89. The van der Waals surface area contributed by atoms with E-state index in [0.717, 1.165) is 6.54 Å². The van der Waals surface area contributed by atoms with Crippen molar-refractivity contribution in [1.82, 2.24) is 14.7 Å². The monoisotopic (exact) mass is 194 g/mol. The lowest BCUT2D eigenvalue weighted by Gasteiger charge is -2.30. The van der Waals surface area contributed by atoms with Crippen LogP contribution in [-0.2, 0) is 0 Å². The number of nitrogen functional groups attached to an aromatic ring is 1. The summed E-state index contributed by atoms with van der Waals surface area (Å²) in [7, 11) is 0. The van der Waals surface area contributed by atoms with E-state index in [9.17, 15) is 0 Å². The number of nitrogens with zero attached hydrogens (tertiary/aromatic N) is 3.